The van der Waals surface area contributed by atoms with Crippen molar-refractivity contribution in [3.05, 3.63) is 72.1 Å². The molecule has 30 heavy (non-hydrogen) atoms. The Labute approximate surface area is 172 Å². The van der Waals surface area contributed by atoms with Crippen LogP contribution in [0.1, 0.15) is 34.8 Å². The van der Waals surface area contributed by atoms with E-state index in [9.17, 15) is 19.5 Å². The molecule has 1 aliphatic rings. The fraction of sp³-hybridized carbons (Fsp3) is 0.227. The number of ketones is 1. The molecule has 1 aliphatic carbocycles. The van der Waals surface area contributed by atoms with E-state index in [4.69, 9.17) is 0 Å². The van der Waals surface area contributed by atoms with Crippen LogP contribution in [0, 0.1) is 0 Å². The normalized spacial score (nSPS) is 14.1. The van der Waals surface area contributed by atoms with Crippen molar-refractivity contribution >= 4 is 17.7 Å². The predicted molar refractivity (Wildman–Crippen MR) is 108 cm³/mol. The van der Waals surface area contributed by atoms with E-state index >= 15 is 0 Å². The standard InChI is InChI=1S/C22H20N4O4/c27-20(22(29)30)18(12-14-6-2-1-3-7-14)24-21(28)16-13-26(15-9-10-15)25-19(16)17-8-4-5-11-23-17/h1-8,11,13,15,18H,9-10,12H2,(H,24,28)(H,29,30). The van der Waals surface area contributed by atoms with Crippen molar-refractivity contribution in [2.45, 2.75) is 31.3 Å². The minimum absolute atomic E-state index is 0.0768. The number of aliphatic carboxylic acids is 1. The molecular formula is C22H20N4O4. The van der Waals surface area contributed by atoms with Gasteiger partial charge in [0.25, 0.3) is 11.7 Å². The number of hydrogen-bond donors (Lipinski definition) is 2. The number of nitrogens with one attached hydrogen (secondary N) is 1. The topological polar surface area (TPSA) is 114 Å². The van der Waals surface area contributed by atoms with Crippen molar-refractivity contribution < 1.29 is 19.5 Å². The van der Waals surface area contributed by atoms with E-state index in [2.05, 4.69) is 15.4 Å². The zero-order chi connectivity index (χ0) is 21.1. The van der Waals surface area contributed by atoms with Crippen LogP contribution in [0.25, 0.3) is 11.4 Å². The highest BCUT2D eigenvalue weighted by Crippen LogP contribution is 2.35. The summed E-state index contributed by atoms with van der Waals surface area (Å²) in [6.07, 6.45) is 5.30. The molecule has 0 radical (unpaired) electrons. The van der Waals surface area contributed by atoms with Gasteiger partial charge in [0.2, 0.25) is 0 Å². The predicted octanol–water partition coefficient (Wildman–Crippen LogP) is 2.27. The fourth-order valence-corrected chi connectivity index (χ4v) is 3.22. The van der Waals surface area contributed by atoms with Crippen LogP contribution in [0.3, 0.4) is 0 Å². The van der Waals surface area contributed by atoms with Crippen molar-refractivity contribution in [3.8, 4) is 11.4 Å². The quantitative estimate of drug-likeness (QED) is 0.557. The molecule has 4 rings (SSSR count). The summed E-state index contributed by atoms with van der Waals surface area (Å²) >= 11 is 0. The zero-order valence-electron chi connectivity index (χ0n) is 16.1. The maximum absolute atomic E-state index is 13.1. The molecule has 1 amide bonds. The number of carboxylic acid groups (broad SMARTS) is 1. The van der Waals surface area contributed by atoms with Gasteiger partial charge in [0.1, 0.15) is 11.7 Å². The van der Waals surface area contributed by atoms with Gasteiger partial charge in [-0.25, -0.2) is 4.79 Å². The largest absolute Gasteiger partial charge is 0.475 e. The molecule has 8 nitrogen and oxygen atoms in total. The van der Waals surface area contributed by atoms with E-state index in [0.717, 1.165) is 18.4 Å². The number of amides is 1. The fourth-order valence-electron chi connectivity index (χ4n) is 3.22. The summed E-state index contributed by atoms with van der Waals surface area (Å²) in [5.41, 5.74) is 1.94. The van der Waals surface area contributed by atoms with Crippen LogP contribution in [0.4, 0.5) is 0 Å². The third-order valence-corrected chi connectivity index (χ3v) is 4.92. The first-order valence-electron chi connectivity index (χ1n) is 9.65. The van der Waals surface area contributed by atoms with Gasteiger partial charge >= 0.3 is 5.97 Å². The molecule has 0 bridgehead atoms. The molecule has 1 unspecified atom stereocenters. The Morgan fingerprint density at radius 3 is 2.47 bits per heavy atom. The van der Waals surface area contributed by atoms with Gasteiger partial charge in [-0.15, -0.1) is 0 Å². The molecule has 2 heterocycles. The van der Waals surface area contributed by atoms with Crippen LogP contribution in [-0.2, 0) is 16.0 Å². The SMILES string of the molecule is O=C(O)C(=O)C(Cc1ccccc1)NC(=O)c1cn(C2CC2)nc1-c1ccccn1. The van der Waals surface area contributed by atoms with E-state index < -0.39 is 23.7 Å². The van der Waals surface area contributed by atoms with E-state index in [1.54, 1.807) is 59.5 Å². The summed E-state index contributed by atoms with van der Waals surface area (Å²) in [6.45, 7) is 0. The van der Waals surface area contributed by atoms with Crippen LogP contribution in [0.15, 0.2) is 60.9 Å². The smallest absolute Gasteiger partial charge is 0.374 e. The summed E-state index contributed by atoms with van der Waals surface area (Å²) in [4.78, 5) is 40.9. The van der Waals surface area contributed by atoms with Crippen molar-refractivity contribution in [2.24, 2.45) is 0 Å². The molecule has 1 aromatic carbocycles. The van der Waals surface area contributed by atoms with Crippen LogP contribution >= 0.6 is 0 Å². The Kier molecular flexibility index (Phi) is 5.38. The van der Waals surface area contributed by atoms with Crippen molar-refractivity contribution in [2.75, 3.05) is 0 Å². The number of rotatable bonds is 8. The minimum Gasteiger partial charge on any atom is -0.475 e. The zero-order valence-corrected chi connectivity index (χ0v) is 16.1. The molecule has 1 atom stereocenters. The Morgan fingerprint density at radius 2 is 1.83 bits per heavy atom. The highest BCUT2D eigenvalue weighted by Gasteiger charge is 2.31. The van der Waals surface area contributed by atoms with Gasteiger partial charge in [-0.3, -0.25) is 19.3 Å². The molecule has 1 fully saturated rings. The van der Waals surface area contributed by atoms with Gasteiger partial charge in [0.15, 0.2) is 0 Å². The summed E-state index contributed by atoms with van der Waals surface area (Å²) < 4.78 is 1.74. The Morgan fingerprint density at radius 1 is 1.10 bits per heavy atom. The lowest BCUT2D eigenvalue weighted by Crippen LogP contribution is -2.45. The molecule has 3 aromatic rings. The van der Waals surface area contributed by atoms with Gasteiger partial charge < -0.3 is 10.4 Å². The Balaban J connectivity index is 1.63. The third kappa shape index (κ3) is 4.27. The van der Waals surface area contributed by atoms with E-state index in [-0.39, 0.29) is 18.0 Å². The summed E-state index contributed by atoms with van der Waals surface area (Å²) in [7, 11) is 0. The van der Waals surface area contributed by atoms with Crippen molar-refractivity contribution in [1.82, 2.24) is 20.1 Å². The summed E-state index contributed by atoms with van der Waals surface area (Å²) in [5.74, 6) is -3.21. The molecule has 0 spiro atoms. The van der Waals surface area contributed by atoms with E-state index in [0.29, 0.717) is 11.4 Å². The molecule has 0 saturated heterocycles. The number of carbonyl (C=O) groups is 3. The van der Waals surface area contributed by atoms with Gasteiger partial charge in [0.05, 0.1) is 17.3 Å². The summed E-state index contributed by atoms with van der Waals surface area (Å²) in [6, 6.07) is 13.3. The Hall–Kier alpha value is -3.81. The second-order valence-corrected chi connectivity index (χ2v) is 7.20. The molecular weight excluding hydrogens is 384 g/mol. The number of hydrogen-bond acceptors (Lipinski definition) is 5. The van der Waals surface area contributed by atoms with Gasteiger partial charge in [-0.05, 0) is 30.5 Å². The number of pyridine rings is 1. The first-order valence-corrected chi connectivity index (χ1v) is 9.65. The van der Waals surface area contributed by atoms with Crippen LogP contribution in [0.2, 0.25) is 0 Å². The van der Waals surface area contributed by atoms with E-state index in [1.807, 2.05) is 6.07 Å². The Bertz CT molecular complexity index is 1080. The highest BCUT2D eigenvalue weighted by atomic mass is 16.4. The highest BCUT2D eigenvalue weighted by molar-refractivity contribution is 6.35. The molecule has 0 aliphatic heterocycles. The summed E-state index contributed by atoms with van der Waals surface area (Å²) in [5, 5.41) is 16.3. The second-order valence-electron chi connectivity index (χ2n) is 7.20. The first-order chi connectivity index (χ1) is 14.5. The number of nitrogens with zero attached hydrogens (tertiary/aromatic N) is 3. The van der Waals surface area contributed by atoms with Gasteiger partial charge in [0, 0.05) is 18.8 Å². The maximum atomic E-state index is 13.1. The van der Waals surface area contributed by atoms with Gasteiger partial charge in [-0.1, -0.05) is 36.4 Å². The molecule has 8 heteroatoms. The van der Waals surface area contributed by atoms with Crippen LogP contribution < -0.4 is 5.32 Å². The molecule has 2 aromatic heterocycles. The average molecular weight is 404 g/mol. The number of aromatic nitrogens is 3. The van der Waals surface area contributed by atoms with Crippen LogP contribution in [0.5, 0.6) is 0 Å². The van der Waals surface area contributed by atoms with Crippen molar-refractivity contribution in [3.63, 3.8) is 0 Å². The second kappa shape index (κ2) is 8.28. The van der Waals surface area contributed by atoms with Gasteiger partial charge in [-0.2, -0.15) is 5.10 Å². The van der Waals surface area contributed by atoms with Crippen molar-refractivity contribution in [1.29, 1.82) is 0 Å². The lowest BCUT2D eigenvalue weighted by Gasteiger charge is -2.16. The first kappa shape index (κ1) is 19.5. The molecule has 2 N–H and O–H groups in total. The number of benzene rings is 1. The van der Waals surface area contributed by atoms with Crippen LogP contribution in [-0.4, -0.2) is 43.6 Å². The van der Waals surface area contributed by atoms with E-state index in [1.165, 1.54) is 0 Å². The molecule has 1 saturated carbocycles. The average Bonchev–Trinajstić information content (AvgIpc) is 3.52. The number of carboxylic acids is 1. The third-order valence-electron chi connectivity index (χ3n) is 4.92. The monoisotopic (exact) mass is 404 g/mol. The lowest BCUT2D eigenvalue weighted by atomic mass is 10.0. The lowest BCUT2D eigenvalue weighted by molar-refractivity contribution is -0.149. The maximum Gasteiger partial charge on any atom is 0.374 e. The minimum atomic E-state index is -1.59. The molecule has 152 valence electrons. The number of Topliss-reactive ketones (excluding diaryl/α,β-unsaturated/α-hetero) is 1. The number of carbonyl (C=O) groups excluding carboxylic acids is 2.